The van der Waals surface area contributed by atoms with E-state index < -0.39 is 47.2 Å². The Hall–Kier alpha value is -4.57. The Morgan fingerprint density at radius 2 is 1.90 bits per heavy atom. The Balaban J connectivity index is 0.900. The summed E-state index contributed by atoms with van der Waals surface area (Å²) in [5.41, 5.74) is 14.5. The molecule has 2 aromatic heterocycles. The first-order chi connectivity index (χ1) is 34.1. The summed E-state index contributed by atoms with van der Waals surface area (Å²) >= 11 is 0. The number of carbonyl (C=O) groups excluding carboxylic acids is 1. The fraction of sp³-hybridized carbons (Fsp3) is 0.526. The highest BCUT2D eigenvalue weighted by atomic mass is 33.1. The summed E-state index contributed by atoms with van der Waals surface area (Å²) < 4.78 is 16.0. The second kappa shape index (κ2) is 17.6. The lowest BCUT2D eigenvalue weighted by Gasteiger charge is -2.47. The molecular weight excluding hydrogens is 917 g/mol. The Morgan fingerprint density at radius 3 is 2.79 bits per heavy atom. The molecule has 13 heteroatoms. The van der Waals surface area contributed by atoms with Crippen molar-refractivity contribution in [3.8, 4) is 41.1 Å². The minimum atomic E-state index is -1.11. The van der Waals surface area contributed by atoms with E-state index in [0.29, 0.717) is 58.9 Å². The Morgan fingerprint density at radius 1 is 1.04 bits per heavy atom. The molecule has 3 saturated carbocycles. The van der Waals surface area contributed by atoms with E-state index in [4.69, 9.17) is 15.2 Å². The quantitative estimate of drug-likeness (QED) is 0.0558. The number of hydrogen-bond donors (Lipinski definition) is 7. The molecule has 0 amide bonds. The normalized spacial score (nSPS) is 33.4. The number of hydrogen-bond acceptors (Lipinski definition) is 11. The number of ether oxygens (including phenoxy) is 2. The molecule has 12 atom stereocenters. The zero-order valence-corrected chi connectivity index (χ0v) is 41.1. The van der Waals surface area contributed by atoms with Crippen molar-refractivity contribution < 1.29 is 34.7 Å². The van der Waals surface area contributed by atoms with Gasteiger partial charge >= 0.3 is 0 Å². The minimum absolute atomic E-state index is 0.0140. The fourth-order valence-corrected chi connectivity index (χ4v) is 17.4. The number of fused-ring (bicyclic) bond motifs is 7. The van der Waals surface area contributed by atoms with Crippen molar-refractivity contribution in [1.82, 2.24) is 14.9 Å². The molecule has 0 radical (unpaired) electrons. The van der Waals surface area contributed by atoms with E-state index in [9.17, 15) is 25.2 Å². The maximum atomic E-state index is 14.1. The van der Waals surface area contributed by atoms with Crippen LogP contribution in [0.4, 0.5) is 0 Å². The number of benzene rings is 2. The molecule has 0 unspecified atom stereocenters. The van der Waals surface area contributed by atoms with Crippen molar-refractivity contribution >= 4 is 38.3 Å². The average molecular weight is 979 g/mol. The predicted octanol–water partition coefficient (Wildman–Crippen LogP) is 9.00. The number of nitrogens with two attached hydrogens (primary N) is 1. The van der Waals surface area contributed by atoms with Gasteiger partial charge in [0, 0.05) is 89.3 Å². The summed E-state index contributed by atoms with van der Waals surface area (Å²) in [6.45, 7) is 0.604. The number of allylic oxidation sites excluding steroid dienone is 2. The first kappa shape index (κ1) is 45.3. The molecule has 364 valence electrons. The standard InChI is InChI=1S/C57H62N4O7S2/c58-54-38-12-11-37-46(63)14-13-44-55-61-26-42-41(25-59-45(42)27-61)36-15-18-57(29-60-54,52(38)51(36)37)30-70-69-28-43-35(49(66)24-50(53(43)68-55)67-20-19-56(44)16-3-4-17-56)10-9-33(62)22-47(64)40-21-32-8-7-31-5-1-2-6-34(31)39(32)23-48(40)65/h11-12,15,18,21,24-27,31,34,36,39-40,44,46-48,54-55,59-60,63-66H,1-10,16-17,22-23,28-30,58H2/t31-,34+,36-,39+,40+,44-,46+,47+,48-,54-,55+,57+/m1/s1. The maximum Gasteiger partial charge on any atom is 0.191 e. The summed E-state index contributed by atoms with van der Waals surface area (Å²) in [5.74, 6) is 12.8. The largest absolute Gasteiger partial charge is 0.508 e. The second-order valence-corrected chi connectivity index (χ2v) is 24.5. The van der Waals surface area contributed by atoms with Crippen molar-refractivity contribution in [3.05, 3.63) is 99.5 Å². The maximum absolute atomic E-state index is 14.1. The zero-order chi connectivity index (χ0) is 47.5. The number of aliphatic hydroxyl groups is 3. The molecule has 5 aliphatic heterocycles. The van der Waals surface area contributed by atoms with E-state index in [0.717, 1.165) is 76.7 Å². The molecule has 10 aliphatic rings. The first-order valence-electron chi connectivity index (χ1n) is 25.9. The molecule has 2 aromatic carbocycles. The van der Waals surface area contributed by atoms with Gasteiger partial charge in [-0.2, -0.15) is 0 Å². The van der Waals surface area contributed by atoms with Crippen LogP contribution < -0.4 is 20.5 Å². The van der Waals surface area contributed by atoms with E-state index in [2.05, 4.69) is 81.6 Å². The minimum Gasteiger partial charge on any atom is -0.508 e. The molecule has 5 aliphatic carbocycles. The topological polar surface area (TPSA) is 175 Å². The number of carbonyl (C=O) groups is 1. The summed E-state index contributed by atoms with van der Waals surface area (Å²) in [4.78, 5) is 17.7. The van der Waals surface area contributed by atoms with E-state index in [1.54, 1.807) is 27.7 Å². The van der Waals surface area contributed by atoms with Crippen molar-refractivity contribution in [2.24, 2.45) is 40.7 Å². The van der Waals surface area contributed by atoms with Gasteiger partial charge in [0.25, 0.3) is 0 Å². The number of aromatic nitrogens is 2. The SMILES string of the molecule is N[C@@H]1NC[C@]23C=C[C@H]4c5c(ccc1c52)[C@@H](O)C#C[C@@H]1[C@H](Oc2c(cc(O)c(CCC(=O)C[C@H](O)[C@@H]5C=C6CC[C@H]7CCCC[C@@H]7[C@H]6C[C@H]5O)c2CSSC3)OC#CC12CCCC2)n1cc2[nH]cc4c2c1. The average Bonchev–Trinajstić information content (AvgIpc) is 4.12. The van der Waals surface area contributed by atoms with Crippen LogP contribution in [0.3, 0.4) is 0 Å². The highest BCUT2D eigenvalue weighted by Gasteiger charge is 2.49. The lowest BCUT2D eigenvalue weighted by atomic mass is 9.59. The van der Waals surface area contributed by atoms with Crippen LogP contribution in [-0.2, 0) is 22.4 Å². The third-order valence-electron chi connectivity index (χ3n) is 18.3. The number of rotatable bonds is 6. The van der Waals surface area contributed by atoms with Crippen LogP contribution in [0.15, 0.2) is 60.6 Å². The van der Waals surface area contributed by atoms with Crippen molar-refractivity contribution in [2.75, 3.05) is 12.3 Å². The fourth-order valence-electron chi connectivity index (χ4n) is 14.7. The van der Waals surface area contributed by atoms with Crippen LogP contribution in [0.25, 0.3) is 10.9 Å². The highest BCUT2D eigenvalue weighted by molar-refractivity contribution is 8.76. The van der Waals surface area contributed by atoms with Crippen molar-refractivity contribution in [2.45, 2.75) is 138 Å². The predicted molar refractivity (Wildman–Crippen MR) is 272 cm³/mol. The lowest BCUT2D eigenvalue weighted by Crippen LogP contribution is -2.50. The number of phenols is 1. The van der Waals surface area contributed by atoms with E-state index in [-0.39, 0.29) is 42.9 Å². The van der Waals surface area contributed by atoms with Gasteiger partial charge in [-0.05, 0) is 90.5 Å². The van der Waals surface area contributed by atoms with E-state index in [1.165, 1.54) is 37.7 Å². The number of aromatic hydroxyl groups is 1. The van der Waals surface area contributed by atoms with Gasteiger partial charge in [-0.1, -0.05) is 107 Å². The number of H-pyrrole nitrogens is 1. The van der Waals surface area contributed by atoms with Crippen molar-refractivity contribution in [3.63, 3.8) is 0 Å². The summed E-state index contributed by atoms with van der Waals surface area (Å²) in [5, 5.41) is 52.3. The van der Waals surface area contributed by atoms with E-state index >= 15 is 0 Å². The van der Waals surface area contributed by atoms with Gasteiger partial charge in [-0.15, -0.1) is 0 Å². The number of phenolic OH excluding ortho intramolecular Hbond substituents is 1. The number of Topliss-reactive ketones (excluding diaryl/α,β-unsaturated/α-hetero) is 1. The molecular formula is C57H62N4O7S2. The van der Waals surface area contributed by atoms with Gasteiger partial charge < -0.3 is 45.2 Å². The third-order valence-corrected chi connectivity index (χ3v) is 20.7. The second-order valence-electron chi connectivity index (χ2n) is 22.0. The zero-order valence-electron chi connectivity index (χ0n) is 39.4. The molecule has 11 nitrogen and oxygen atoms in total. The summed E-state index contributed by atoms with van der Waals surface area (Å²) in [6.07, 6.45) is 23.8. The number of aromatic amines is 1. The number of aliphatic hydroxyl groups excluding tert-OH is 3. The number of nitrogens with zero attached hydrogens (tertiary/aromatic N) is 1. The smallest absolute Gasteiger partial charge is 0.191 e. The Bertz CT molecular complexity index is 2980. The van der Waals surface area contributed by atoms with Gasteiger partial charge in [0.1, 0.15) is 23.7 Å². The van der Waals surface area contributed by atoms with Gasteiger partial charge in [0.2, 0.25) is 0 Å². The van der Waals surface area contributed by atoms with Crippen LogP contribution >= 0.6 is 21.6 Å². The van der Waals surface area contributed by atoms with Gasteiger partial charge in [-0.3, -0.25) is 10.1 Å². The van der Waals surface area contributed by atoms with Crippen LogP contribution in [0.1, 0.15) is 147 Å². The molecule has 70 heavy (non-hydrogen) atoms. The molecule has 3 fully saturated rings. The van der Waals surface area contributed by atoms with Crippen LogP contribution in [0, 0.1) is 58.9 Å². The first-order valence-corrected chi connectivity index (χ1v) is 28.4. The van der Waals surface area contributed by atoms with Crippen LogP contribution in [0.2, 0.25) is 0 Å². The molecule has 10 bridgehead atoms. The van der Waals surface area contributed by atoms with Crippen molar-refractivity contribution in [1.29, 1.82) is 0 Å². The lowest BCUT2D eigenvalue weighted by molar-refractivity contribution is -0.122. The Labute approximate surface area is 417 Å². The third kappa shape index (κ3) is 7.35. The summed E-state index contributed by atoms with van der Waals surface area (Å²) in [6, 6.07) is 5.66. The molecule has 14 rings (SSSR count). The van der Waals surface area contributed by atoms with Gasteiger partial charge in [0.15, 0.2) is 17.7 Å². The van der Waals surface area contributed by atoms with Crippen LogP contribution in [0.5, 0.6) is 17.2 Å². The highest BCUT2D eigenvalue weighted by Crippen LogP contribution is 2.56. The molecule has 7 heterocycles. The monoisotopic (exact) mass is 978 g/mol. The van der Waals surface area contributed by atoms with Crippen LogP contribution in [-0.4, -0.2) is 60.3 Å². The van der Waals surface area contributed by atoms with Gasteiger partial charge in [0.05, 0.1) is 35.2 Å². The molecule has 0 saturated heterocycles. The number of ketones is 1. The molecule has 8 N–H and O–H groups in total. The number of nitrogens with one attached hydrogen (secondary N) is 2. The van der Waals surface area contributed by atoms with Gasteiger partial charge in [-0.25, -0.2) is 0 Å². The van der Waals surface area contributed by atoms with E-state index in [1.807, 2.05) is 6.07 Å². The Kier molecular flexibility index (Phi) is 11.4. The molecule has 4 aromatic rings. The summed E-state index contributed by atoms with van der Waals surface area (Å²) in [7, 11) is 3.39. The molecule has 2 spiro atoms.